The summed E-state index contributed by atoms with van der Waals surface area (Å²) in [6.45, 7) is 7.93. The van der Waals surface area contributed by atoms with E-state index in [9.17, 15) is 4.79 Å². The van der Waals surface area contributed by atoms with E-state index in [-0.39, 0.29) is 6.10 Å². The molecule has 1 aliphatic carbocycles. The molecule has 3 fully saturated rings. The number of hydrogen-bond donors (Lipinski definition) is 2. The van der Waals surface area contributed by atoms with Gasteiger partial charge in [0.05, 0.1) is 0 Å². The zero-order chi connectivity index (χ0) is 18.4. The zero-order valence-electron chi connectivity index (χ0n) is 15.3. The quantitative estimate of drug-likeness (QED) is 0.727. The molecular formula is C16H28N2O7. The smallest absolute Gasteiger partial charge is 0.407 e. The number of methoxy groups -OCH3 is 1. The maximum Gasteiger partial charge on any atom is 0.407 e. The van der Waals surface area contributed by atoms with Gasteiger partial charge in [-0.2, -0.15) is 0 Å². The molecule has 9 heteroatoms. The Morgan fingerprint density at radius 1 is 0.960 bits per heavy atom. The van der Waals surface area contributed by atoms with Crippen LogP contribution in [-0.2, 0) is 28.4 Å². The summed E-state index contributed by atoms with van der Waals surface area (Å²) in [7, 11) is 1.55. The summed E-state index contributed by atoms with van der Waals surface area (Å²) in [6.07, 6.45) is -3.60. The highest BCUT2D eigenvalue weighted by Crippen LogP contribution is 2.46. The average Bonchev–Trinajstić information content (AvgIpc) is 3.00. The van der Waals surface area contributed by atoms with Crippen LogP contribution in [0.15, 0.2) is 0 Å². The molecule has 3 rings (SSSR count). The van der Waals surface area contributed by atoms with Gasteiger partial charge in [-0.25, -0.2) is 4.79 Å². The molecule has 25 heavy (non-hydrogen) atoms. The van der Waals surface area contributed by atoms with Crippen LogP contribution in [0.2, 0.25) is 0 Å². The molecule has 9 nitrogen and oxygen atoms in total. The molecule has 1 amide bonds. The number of nitrogens with two attached hydrogens (primary N) is 1. The number of nitrogens with one attached hydrogen (secondary N) is 1. The standard InChI is InChI=1S/C16H28N2O7/c1-15(2)22-10-8(20-5)9(21-14(19)18-7-6-17)11-13(12(10)24-15)25-16(3,4)23-11/h8-13H,6-7,17H2,1-5H3,(H,18,19). The van der Waals surface area contributed by atoms with Crippen molar-refractivity contribution in [3.05, 3.63) is 0 Å². The maximum absolute atomic E-state index is 12.1. The van der Waals surface area contributed by atoms with Crippen molar-refractivity contribution >= 4 is 6.09 Å². The predicted molar refractivity (Wildman–Crippen MR) is 85.8 cm³/mol. The van der Waals surface area contributed by atoms with Crippen molar-refractivity contribution in [3.8, 4) is 0 Å². The fourth-order valence-corrected chi connectivity index (χ4v) is 3.77. The first-order valence-corrected chi connectivity index (χ1v) is 8.56. The van der Waals surface area contributed by atoms with Crippen molar-refractivity contribution in [2.24, 2.45) is 5.73 Å². The minimum absolute atomic E-state index is 0.318. The average molecular weight is 360 g/mol. The summed E-state index contributed by atoms with van der Waals surface area (Å²) in [6, 6.07) is 0. The van der Waals surface area contributed by atoms with Crippen LogP contribution < -0.4 is 11.1 Å². The van der Waals surface area contributed by atoms with Crippen molar-refractivity contribution in [3.63, 3.8) is 0 Å². The first-order chi connectivity index (χ1) is 11.7. The third-order valence-corrected chi connectivity index (χ3v) is 4.55. The Balaban J connectivity index is 1.86. The summed E-state index contributed by atoms with van der Waals surface area (Å²) in [4.78, 5) is 12.1. The molecule has 2 saturated heterocycles. The number of fused-ring (bicyclic) bond motifs is 3. The van der Waals surface area contributed by atoms with Gasteiger partial charge in [-0.05, 0) is 27.7 Å². The molecule has 0 aromatic carbocycles. The second-order valence-electron chi connectivity index (χ2n) is 7.42. The molecule has 6 unspecified atom stereocenters. The number of rotatable bonds is 4. The summed E-state index contributed by atoms with van der Waals surface area (Å²) < 4.78 is 35.3. The molecule has 3 N–H and O–H groups in total. The van der Waals surface area contributed by atoms with Gasteiger partial charge in [0.2, 0.25) is 0 Å². The normalized spacial score (nSPS) is 41.0. The summed E-state index contributed by atoms with van der Waals surface area (Å²) in [5.41, 5.74) is 5.41. The molecule has 1 saturated carbocycles. The second kappa shape index (κ2) is 6.64. The number of ether oxygens (including phenoxy) is 6. The van der Waals surface area contributed by atoms with E-state index in [1.807, 2.05) is 27.7 Å². The Labute approximate surface area is 147 Å². The minimum Gasteiger partial charge on any atom is -0.440 e. The van der Waals surface area contributed by atoms with Gasteiger partial charge in [-0.3, -0.25) is 0 Å². The SMILES string of the molecule is COC1C(OC(=O)NCCN)C2OC(C)(C)OC2C2OC(C)(C)OC12. The van der Waals surface area contributed by atoms with Crippen LogP contribution >= 0.6 is 0 Å². The van der Waals surface area contributed by atoms with Crippen molar-refractivity contribution in [2.75, 3.05) is 20.2 Å². The number of amides is 1. The van der Waals surface area contributed by atoms with Crippen LogP contribution in [0.3, 0.4) is 0 Å². The highest BCUT2D eigenvalue weighted by Gasteiger charge is 2.65. The van der Waals surface area contributed by atoms with Crippen molar-refractivity contribution in [1.29, 1.82) is 0 Å². The summed E-state index contributed by atoms with van der Waals surface area (Å²) in [5, 5.41) is 2.59. The summed E-state index contributed by atoms with van der Waals surface area (Å²) in [5.74, 6) is -1.61. The Morgan fingerprint density at radius 3 is 1.92 bits per heavy atom. The van der Waals surface area contributed by atoms with Crippen molar-refractivity contribution in [1.82, 2.24) is 5.32 Å². The lowest BCUT2D eigenvalue weighted by molar-refractivity contribution is -0.188. The van der Waals surface area contributed by atoms with Crippen LogP contribution in [0.25, 0.3) is 0 Å². The minimum atomic E-state index is -0.825. The third kappa shape index (κ3) is 3.62. The molecule has 0 bridgehead atoms. The van der Waals surface area contributed by atoms with E-state index in [4.69, 9.17) is 34.2 Å². The Bertz CT molecular complexity index is 513. The van der Waals surface area contributed by atoms with Gasteiger partial charge in [0.15, 0.2) is 17.7 Å². The van der Waals surface area contributed by atoms with E-state index in [2.05, 4.69) is 5.32 Å². The van der Waals surface area contributed by atoms with E-state index in [0.717, 1.165) is 0 Å². The van der Waals surface area contributed by atoms with Gasteiger partial charge in [0.25, 0.3) is 0 Å². The highest BCUT2D eigenvalue weighted by molar-refractivity contribution is 5.67. The van der Waals surface area contributed by atoms with E-state index in [1.54, 1.807) is 7.11 Å². The Kier molecular flexibility index (Phi) is 5.00. The molecule has 0 aromatic heterocycles. The first-order valence-electron chi connectivity index (χ1n) is 8.56. The largest absolute Gasteiger partial charge is 0.440 e. The maximum atomic E-state index is 12.1. The van der Waals surface area contributed by atoms with Crippen LogP contribution in [-0.4, -0.2) is 74.5 Å². The van der Waals surface area contributed by atoms with E-state index in [0.29, 0.717) is 13.1 Å². The highest BCUT2D eigenvalue weighted by atomic mass is 16.8. The molecule has 2 aliphatic heterocycles. The van der Waals surface area contributed by atoms with Crippen LogP contribution in [0.4, 0.5) is 4.79 Å². The van der Waals surface area contributed by atoms with Gasteiger partial charge in [-0.1, -0.05) is 0 Å². The molecule has 2 heterocycles. The Morgan fingerprint density at radius 2 is 1.44 bits per heavy atom. The van der Waals surface area contributed by atoms with E-state index >= 15 is 0 Å². The zero-order valence-corrected chi connectivity index (χ0v) is 15.3. The van der Waals surface area contributed by atoms with Crippen LogP contribution in [0, 0.1) is 0 Å². The number of alkyl carbamates (subject to hydrolysis) is 1. The van der Waals surface area contributed by atoms with Crippen molar-refractivity contribution in [2.45, 2.75) is 75.9 Å². The topological polar surface area (TPSA) is 111 Å². The number of carbonyl (C=O) groups excluding carboxylic acids is 1. The van der Waals surface area contributed by atoms with E-state index < -0.39 is 48.2 Å². The van der Waals surface area contributed by atoms with Gasteiger partial charge >= 0.3 is 6.09 Å². The fourth-order valence-electron chi connectivity index (χ4n) is 3.77. The fraction of sp³-hybridized carbons (Fsp3) is 0.938. The Hall–Kier alpha value is -0.970. The van der Waals surface area contributed by atoms with Gasteiger partial charge in [0, 0.05) is 20.2 Å². The molecule has 144 valence electrons. The predicted octanol–water partition coefficient (Wildman–Crippen LogP) is 0.109. The number of carbonyl (C=O) groups is 1. The van der Waals surface area contributed by atoms with Gasteiger partial charge in [0.1, 0.15) is 30.5 Å². The first kappa shape index (κ1) is 18.8. The molecule has 0 aromatic rings. The number of hydrogen-bond acceptors (Lipinski definition) is 8. The van der Waals surface area contributed by atoms with Crippen LogP contribution in [0.5, 0.6) is 0 Å². The monoisotopic (exact) mass is 360 g/mol. The summed E-state index contributed by atoms with van der Waals surface area (Å²) >= 11 is 0. The molecule has 3 aliphatic rings. The van der Waals surface area contributed by atoms with Gasteiger partial charge < -0.3 is 39.5 Å². The van der Waals surface area contributed by atoms with Gasteiger partial charge in [-0.15, -0.1) is 0 Å². The van der Waals surface area contributed by atoms with Crippen LogP contribution in [0.1, 0.15) is 27.7 Å². The van der Waals surface area contributed by atoms with E-state index in [1.165, 1.54) is 0 Å². The lowest BCUT2D eigenvalue weighted by Gasteiger charge is -2.41. The molecule has 0 radical (unpaired) electrons. The molecule has 6 atom stereocenters. The molecule has 0 spiro atoms. The lowest BCUT2D eigenvalue weighted by Crippen LogP contribution is -2.63. The van der Waals surface area contributed by atoms with Crippen molar-refractivity contribution < 1.29 is 33.2 Å². The third-order valence-electron chi connectivity index (χ3n) is 4.55. The lowest BCUT2D eigenvalue weighted by atomic mass is 9.84. The second-order valence-corrected chi connectivity index (χ2v) is 7.42. The molecular weight excluding hydrogens is 332 g/mol.